The van der Waals surface area contributed by atoms with Crippen LogP contribution < -0.4 is 0 Å². The number of aliphatic hydroxyl groups is 2. The van der Waals surface area contributed by atoms with E-state index < -0.39 is 17.8 Å². The second-order valence-electron chi connectivity index (χ2n) is 6.63. The molecule has 2 N–H and O–H groups in total. The standard InChI is InChI=1S/C25H24O3/c1-2-12-23(26)24(27)19-28-25(20-13-6-3-7-14-20,21-15-8-4-9-16-21)22-17-10-5-11-18-22/h1,3-11,13-18,23-24,26-27H,12,19H2/t23-,24+/m0/s1. The molecule has 0 aliphatic heterocycles. The molecule has 0 aliphatic rings. The van der Waals surface area contributed by atoms with E-state index >= 15 is 0 Å². The Balaban J connectivity index is 2.10. The monoisotopic (exact) mass is 372 g/mol. The Bertz CT molecular complexity index is 789. The van der Waals surface area contributed by atoms with E-state index in [2.05, 4.69) is 5.92 Å². The van der Waals surface area contributed by atoms with Crippen molar-refractivity contribution in [1.82, 2.24) is 0 Å². The minimum Gasteiger partial charge on any atom is -0.389 e. The summed E-state index contributed by atoms with van der Waals surface area (Å²) in [7, 11) is 0. The summed E-state index contributed by atoms with van der Waals surface area (Å²) in [6.45, 7) is -0.0679. The third-order valence-electron chi connectivity index (χ3n) is 4.78. The molecule has 0 unspecified atom stereocenters. The smallest absolute Gasteiger partial charge is 0.143 e. The van der Waals surface area contributed by atoms with Gasteiger partial charge in [0.2, 0.25) is 0 Å². The maximum Gasteiger partial charge on any atom is 0.143 e. The normalized spacial score (nSPS) is 13.5. The minimum atomic E-state index is -1.09. The van der Waals surface area contributed by atoms with Gasteiger partial charge in [-0.25, -0.2) is 0 Å². The molecule has 2 atom stereocenters. The van der Waals surface area contributed by atoms with Crippen LogP contribution in [0, 0.1) is 12.3 Å². The summed E-state index contributed by atoms with van der Waals surface area (Å²) in [4.78, 5) is 0. The predicted molar refractivity (Wildman–Crippen MR) is 111 cm³/mol. The fraction of sp³-hybridized carbons (Fsp3) is 0.200. The number of ether oxygens (including phenoxy) is 1. The maximum atomic E-state index is 10.4. The van der Waals surface area contributed by atoms with Gasteiger partial charge in [0.1, 0.15) is 11.7 Å². The lowest BCUT2D eigenvalue weighted by molar-refractivity contribution is -0.0767. The first-order valence-electron chi connectivity index (χ1n) is 9.28. The molecule has 0 aliphatic carbocycles. The Morgan fingerprint density at radius 2 is 1.11 bits per heavy atom. The molecule has 0 aromatic heterocycles. The summed E-state index contributed by atoms with van der Waals surface area (Å²) >= 11 is 0. The molecule has 0 amide bonds. The third-order valence-corrected chi connectivity index (χ3v) is 4.78. The van der Waals surface area contributed by atoms with Crippen molar-refractivity contribution in [3.8, 4) is 12.3 Å². The van der Waals surface area contributed by atoms with Gasteiger partial charge in [0.05, 0.1) is 12.7 Å². The molecule has 3 nitrogen and oxygen atoms in total. The van der Waals surface area contributed by atoms with Crippen LogP contribution in [0.25, 0.3) is 0 Å². The highest BCUT2D eigenvalue weighted by molar-refractivity contribution is 5.47. The van der Waals surface area contributed by atoms with E-state index in [1.807, 2.05) is 91.0 Å². The highest BCUT2D eigenvalue weighted by atomic mass is 16.5. The van der Waals surface area contributed by atoms with E-state index in [0.29, 0.717) is 0 Å². The van der Waals surface area contributed by atoms with Crippen LogP contribution in [-0.2, 0) is 10.3 Å². The number of aliphatic hydroxyl groups excluding tert-OH is 2. The highest BCUT2D eigenvalue weighted by Crippen LogP contribution is 2.40. The first kappa shape index (κ1) is 19.9. The van der Waals surface area contributed by atoms with E-state index in [1.54, 1.807) is 0 Å². The fourth-order valence-electron chi connectivity index (χ4n) is 3.35. The van der Waals surface area contributed by atoms with E-state index in [-0.39, 0.29) is 13.0 Å². The van der Waals surface area contributed by atoms with Gasteiger partial charge in [-0.2, -0.15) is 0 Å². The molecule has 0 bridgehead atoms. The van der Waals surface area contributed by atoms with Crippen molar-refractivity contribution in [1.29, 1.82) is 0 Å². The first-order chi connectivity index (χ1) is 13.7. The summed E-state index contributed by atoms with van der Waals surface area (Å²) in [5.41, 5.74) is 1.88. The van der Waals surface area contributed by atoms with Crippen molar-refractivity contribution in [2.45, 2.75) is 24.2 Å². The second kappa shape index (κ2) is 9.34. The number of benzene rings is 3. The molecular formula is C25H24O3. The quantitative estimate of drug-likeness (QED) is 0.468. The van der Waals surface area contributed by atoms with Crippen LogP contribution in [0.2, 0.25) is 0 Å². The Morgan fingerprint density at radius 1 is 0.714 bits per heavy atom. The maximum absolute atomic E-state index is 10.4. The van der Waals surface area contributed by atoms with Crippen LogP contribution >= 0.6 is 0 Å². The topological polar surface area (TPSA) is 49.7 Å². The number of rotatable bonds is 8. The van der Waals surface area contributed by atoms with Crippen molar-refractivity contribution >= 4 is 0 Å². The van der Waals surface area contributed by atoms with Gasteiger partial charge < -0.3 is 14.9 Å². The molecule has 0 saturated heterocycles. The van der Waals surface area contributed by atoms with Gasteiger partial charge in [0.25, 0.3) is 0 Å². The molecule has 3 heteroatoms. The molecule has 0 heterocycles. The zero-order chi connectivity index (χ0) is 19.8. The average molecular weight is 372 g/mol. The predicted octanol–water partition coefficient (Wildman–Crippen LogP) is 3.74. The van der Waals surface area contributed by atoms with Gasteiger partial charge in [0, 0.05) is 6.42 Å². The van der Waals surface area contributed by atoms with E-state index in [0.717, 1.165) is 16.7 Å². The zero-order valence-corrected chi connectivity index (χ0v) is 15.6. The first-order valence-corrected chi connectivity index (χ1v) is 9.28. The summed E-state index contributed by atoms with van der Waals surface area (Å²) in [5, 5.41) is 20.4. The molecule has 3 aromatic rings. The second-order valence-corrected chi connectivity index (χ2v) is 6.63. The lowest BCUT2D eigenvalue weighted by atomic mass is 9.80. The van der Waals surface area contributed by atoms with Crippen LogP contribution in [0.5, 0.6) is 0 Å². The van der Waals surface area contributed by atoms with Crippen LogP contribution in [-0.4, -0.2) is 29.0 Å². The number of hydrogen-bond donors (Lipinski definition) is 2. The van der Waals surface area contributed by atoms with E-state index in [9.17, 15) is 10.2 Å². The van der Waals surface area contributed by atoms with Gasteiger partial charge in [-0.05, 0) is 16.7 Å². The molecule has 142 valence electrons. The SMILES string of the molecule is C#CC[C@H](O)[C@H](O)COC(c1ccccc1)(c1ccccc1)c1ccccc1. The third kappa shape index (κ3) is 4.16. The molecule has 0 radical (unpaired) electrons. The van der Waals surface area contributed by atoms with Gasteiger partial charge in [-0.1, -0.05) is 91.0 Å². The molecule has 3 rings (SSSR count). The van der Waals surface area contributed by atoms with Gasteiger partial charge >= 0.3 is 0 Å². The van der Waals surface area contributed by atoms with Crippen molar-refractivity contribution in [2.75, 3.05) is 6.61 Å². The minimum absolute atomic E-state index is 0.0679. The van der Waals surface area contributed by atoms with Crippen LogP contribution in [0.1, 0.15) is 23.1 Å². The molecule has 3 aromatic carbocycles. The number of terminal acetylenes is 1. The van der Waals surface area contributed by atoms with Gasteiger partial charge in [-0.15, -0.1) is 12.3 Å². The van der Waals surface area contributed by atoms with Crippen molar-refractivity contribution < 1.29 is 14.9 Å². The molecule has 0 spiro atoms. The lowest BCUT2D eigenvalue weighted by Crippen LogP contribution is -2.39. The summed E-state index contributed by atoms with van der Waals surface area (Å²) in [6.07, 6.45) is 3.20. The summed E-state index contributed by atoms with van der Waals surface area (Å²) in [6, 6.07) is 29.7. The highest BCUT2D eigenvalue weighted by Gasteiger charge is 2.38. The molecule has 0 fully saturated rings. The van der Waals surface area contributed by atoms with E-state index in [1.165, 1.54) is 0 Å². The van der Waals surface area contributed by atoms with Crippen molar-refractivity contribution in [3.05, 3.63) is 108 Å². The van der Waals surface area contributed by atoms with Crippen LogP contribution in [0.15, 0.2) is 91.0 Å². The Hall–Kier alpha value is -2.90. The summed E-state index contributed by atoms with van der Waals surface area (Å²) < 4.78 is 6.44. The number of hydrogen-bond acceptors (Lipinski definition) is 3. The Labute approximate surface area is 166 Å². The molecule has 0 saturated carbocycles. The molecular weight excluding hydrogens is 348 g/mol. The van der Waals surface area contributed by atoms with Gasteiger partial charge in [0.15, 0.2) is 0 Å². The molecule has 28 heavy (non-hydrogen) atoms. The van der Waals surface area contributed by atoms with Crippen LogP contribution in [0.3, 0.4) is 0 Å². The van der Waals surface area contributed by atoms with Gasteiger partial charge in [-0.3, -0.25) is 0 Å². The van der Waals surface area contributed by atoms with Crippen molar-refractivity contribution in [3.63, 3.8) is 0 Å². The average Bonchev–Trinajstić information content (AvgIpc) is 2.76. The largest absolute Gasteiger partial charge is 0.389 e. The zero-order valence-electron chi connectivity index (χ0n) is 15.6. The lowest BCUT2D eigenvalue weighted by Gasteiger charge is -2.37. The fourth-order valence-corrected chi connectivity index (χ4v) is 3.35. The van der Waals surface area contributed by atoms with Crippen molar-refractivity contribution in [2.24, 2.45) is 0 Å². The van der Waals surface area contributed by atoms with E-state index in [4.69, 9.17) is 11.2 Å². The van der Waals surface area contributed by atoms with Crippen LogP contribution in [0.4, 0.5) is 0 Å². The summed E-state index contributed by atoms with van der Waals surface area (Å²) in [5.74, 6) is 2.38. The Kier molecular flexibility index (Phi) is 6.62. The Morgan fingerprint density at radius 3 is 1.46 bits per heavy atom.